The summed E-state index contributed by atoms with van der Waals surface area (Å²) >= 11 is 0. The van der Waals surface area contributed by atoms with Gasteiger partial charge < -0.3 is 15.5 Å². The van der Waals surface area contributed by atoms with Gasteiger partial charge in [-0.25, -0.2) is 4.98 Å². The van der Waals surface area contributed by atoms with Crippen LogP contribution in [0.4, 0.5) is 11.5 Å². The first-order valence-corrected chi connectivity index (χ1v) is 6.41. The number of pyridine rings is 1. The third kappa shape index (κ3) is 3.08. The lowest BCUT2D eigenvalue weighted by Gasteiger charge is -2.23. The van der Waals surface area contributed by atoms with Crippen molar-refractivity contribution in [2.45, 2.75) is 33.1 Å². The number of aromatic nitrogens is 1. The SMILES string of the molecule is Cc1ccc(C(C)(C)CNc2ncc(N)cc2C)o1. The molecule has 0 amide bonds. The van der Waals surface area contributed by atoms with Crippen molar-refractivity contribution in [2.24, 2.45) is 0 Å². The summed E-state index contributed by atoms with van der Waals surface area (Å²) in [5.41, 5.74) is 7.34. The fourth-order valence-corrected chi connectivity index (χ4v) is 1.97. The largest absolute Gasteiger partial charge is 0.466 e. The first kappa shape index (κ1) is 13.5. The van der Waals surface area contributed by atoms with E-state index in [9.17, 15) is 0 Å². The van der Waals surface area contributed by atoms with Crippen LogP contribution < -0.4 is 11.1 Å². The molecule has 2 aromatic heterocycles. The highest BCUT2D eigenvalue weighted by Gasteiger charge is 2.24. The highest BCUT2D eigenvalue weighted by Crippen LogP contribution is 2.26. The molecule has 0 unspecified atom stereocenters. The number of hydrogen-bond donors (Lipinski definition) is 2. The zero-order chi connectivity index (χ0) is 14.0. The molecule has 0 radical (unpaired) electrons. The molecule has 0 aromatic carbocycles. The van der Waals surface area contributed by atoms with E-state index >= 15 is 0 Å². The summed E-state index contributed by atoms with van der Waals surface area (Å²) in [6, 6.07) is 5.93. The van der Waals surface area contributed by atoms with Gasteiger partial charge in [0.05, 0.1) is 11.9 Å². The van der Waals surface area contributed by atoms with E-state index in [1.807, 2.05) is 32.0 Å². The minimum atomic E-state index is -0.0935. The molecule has 3 N–H and O–H groups in total. The Morgan fingerprint density at radius 3 is 2.63 bits per heavy atom. The maximum absolute atomic E-state index is 5.71. The summed E-state index contributed by atoms with van der Waals surface area (Å²) in [4.78, 5) is 4.31. The molecule has 2 rings (SSSR count). The number of aryl methyl sites for hydroxylation is 2. The molecule has 4 nitrogen and oxygen atoms in total. The second-order valence-corrected chi connectivity index (χ2v) is 5.58. The molecular formula is C15H21N3O. The van der Waals surface area contributed by atoms with Crippen LogP contribution >= 0.6 is 0 Å². The molecule has 0 atom stereocenters. The summed E-state index contributed by atoms with van der Waals surface area (Å²) in [5.74, 6) is 2.78. The van der Waals surface area contributed by atoms with Gasteiger partial charge >= 0.3 is 0 Å². The van der Waals surface area contributed by atoms with Crippen LogP contribution in [0.25, 0.3) is 0 Å². The number of anilines is 2. The average Bonchev–Trinajstić information content (AvgIpc) is 2.75. The van der Waals surface area contributed by atoms with Crippen molar-refractivity contribution in [3.8, 4) is 0 Å². The fraction of sp³-hybridized carbons (Fsp3) is 0.400. The molecular weight excluding hydrogens is 238 g/mol. The van der Waals surface area contributed by atoms with Crippen molar-refractivity contribution >= 4 is 11.5 Å². The van der Waals surface area contributed by atoms with Crippen LogP contribution in [-0.2, 0) is 5.41 Å². The van der Waals surface area contributed by atoms with Gasteiger partial charge in [-0.15, -0.1) is 0 Å². The van der Waals surface area contributed by atoms with Crippen molar-refractivity contribution in [2.75, 3.05) is 17.6 Å². The zero-order valence-electron chi connectivity index (χ0n) is 11.9. The lowest BCUT2D eigenvalue weighted by Crippen LogP contribution is -2.27. The molecule has 0 spiro atoms. The molecule has 0 aliphatic rings. The van der Waals surface area contributed by atoms with Gasteiger partial charge in [0, 0.05) is 12.0 Å². The van der Waals surface area contributed by atoms with Crippen LogP contribution in [0.5, 0.6) is 0 Å². The highest BCUT2D eigenvalue weighted by atomic mass is 16.3. The van der Waals surface area contributed by atoms with Crippen molar-refractivity contribution in [3.63, 3.8) is 0 Å². The number of nitrogens with two attached hydrogens (primary N) is 1. The lowest BCUT2D eigenvalue weighted by atomic mass is 9.90. The third-order valence-corrected chi connectivity index (χ3v) is 3.20. The van der Waals surface area contributed by atoms with Crippen LogP contribution in [0.3, 0.4) is 0 Å². The molecule has 0 saturated heterocycles. The summed E-state index contributed by atoms with van der Waals surface area (Å²) in [5, 5.41) is 3.36. The van der Waals surface area contributed by atoms with Crippen LogP contribution in [0.1, 0.15) is 30.9 Å². The maximum atomic E-state index is 5.71. The van der Waals surface area contributed by atoms with Crippen LogP contribution in [0, 0.1) is 13.8 Å². The number of rotatable bonds is 4. The molecule has 4 heteroatoms. The van der Waals surface area contributed by atoms with E-state index in [0.29, 0.717) is 5.69 Å². The van der Waals surface area contributed by atoms with E-state index in [1.54, 1.807) is 6.20 Å². The minimum absolute atomic E-state index is 0.0935. The Labute approximate surface area is 114 Å². The molecule has 0 fully saturated rings. The van der Waals surface area contributed by atoms with E-state index in [4.69, 9.17) is 10.2 Å². The fourth-order valence-electron chi connectivity index (χ4n) is 1.97. The van der Waals surface area contributed by atoms with E-state index in [0.717, 1.165) is 29.4 Å². The molecule has 2 aromatic rings. The molecule has 0 bridgehead atoms. The molecule has 0 saturated carbocycles. The number of nitrogens with one attached hydrogen (secondary N) is 1. The quantitative estimate of drug-likeness (QED) is 0.884. The van der Waals surface area contributed by atoms with Gasteiger partial charge in [0.1, 0.15) is 17.3 Å². The molecule has 0 aliphatic carbocycles. The Hall–Kier alpha value is -1.97. The van der Waals surface area contributed by atoms with Gasteiger partial charge in [-0.3, -0.25) is 0 Å². The van der Waals surface area contributed by atoms with E-state index < -0.39 is 0 Å². The van der Waals surface area contributed by atoms with Crippen LogP contribution in [0.2, 0.25) is 0 Å². The first-order valence-electron chi connectivity index (χ1n) is 6.41. The zero-order valence-corrected chi connectivity index (χ0v) is 11.9. The summed E-state index contributed by atoms with van der Waals surface area (Å²) < 4.78 is 5.71. The van der Waals surface area contributed by atoms with E-state index in [-0.39, 0.29) is 5.41 Å². The number of hydrogen-bond acceptors (Lipinski definition) is 4. The van der Waals surface area contributed by atoms with Crippen molar-refractivity contribution in [3.05, 3.63) is 41.5 Å². The van der Waals surface area contributed by atoms with Gasteiger partial charge in [-0.05, 0) is 37.6 Å². The maximum Gasteiger partial charge on any atom is 0.129 e. The first-order chi connectivity index (χ1) is 8.88. The topological polar surface area (TPSA) is 64.1 Å². The number of nitrogen functional groups attached to an aromatic ring is 1. The average molecular weight is 259 g/mol. The van der Waals surface area contributed by atoms with Gasteiger partial charge in [-0.1, -0.05) is 13.8 Å². The normalized spacial score (nSPS) is 11.6. The summed E-state index contributed by atoms with van der Waals surface area (Å²) in [6.45, 7) is 8.99. The predicted molar refractivity (Wildman–Crippen MR) is 78.3 cm³/mol. The van der Waals surface area contributed by atoms with Crippen LogP contribution in [0.15, 0.2) is 28.8 Å². The highest BCUT2D eigenvalue weighted by molar-refractivity contribution is 5.51. The Kier molecular flexibility index (Phi) is 3.51. The smallest absolute Gasteiger partial charge is 0.129 e. The Balaban J connectivity index is 2.09. The Bertz CT molecular complexity index is 573. The monoisotopic (exact) mass is 259 g/mol. The molecule has 102 valence electrons. The summed E-state index contributed by atoms with van der Waals surface area (Å²) in [6.07, 6.45) is 1.67. The predicted octanol–water partition coefficient (Wildman–Crippen LogP) is 3.26. The van der Waals surface area contributed by atoms with Gasteiger partial charge in [0.25, 0.3) is 0 Å². The molecule has 19 heavy (non-hydrogen) atoms. The second kappa shape index (κ2) is 4.96. The molecule has 2 heterocycles. The van der Waals surface area contributed by atoms with Crippen molar-refractivity contribution in [1.29, 1.82) is 0 Å². The van der Waals surface area contributed by atoms with Crippen molar-refractivity contribution in [1.82, 2.24) is 4.98 Å². The third-order valence-electron chi connectivity index (χ3n) is 3.20. The van der Waals surface area contributed by atoms with E-state index in [2.05, 4.69) is 24.1 Å². The number of nitrogens with zero attached hydrogens (tertiary/aromatic N) is 1. The minimum Gasteiger partial charge on any atom is -0.466 e. The van der Waals surface area contributed by atoms with Crippen molar-refractivity contribution < 1.29 is 4.42 Å². The van der Waals surface area contributed by atoms with Gasteiger partial charge in [0.15, 0.2) is 0 Å². The Morgan fingerprint density at radius 2 is 2.05 bits per heavy atom. The standard InChI is InChI=1S/C15H21N3O/c1-10-7-12(16)8-17-14(10)18-9-15(3,4)13-6-5-11(2)19-13/h5-8H,9,16H2,1-4H3,(H,17,18). The molecule has 0 aliphatic heterocycles. The second-order valence-electron chi connectivity index (χ2n) is 5.58. The number of furan rings is 1. The van der Waals surface area contributed by atoms with E-state index in [1.165, 1.54) is 0 Å². The van der Waals surface area contributed by atoms with Crippen LogP contribution in [-0.4, -0.2) is 11.5 Å². The Morgan fingerprint density at radius 1 is 1.32 bits per heavy atom. The van der Waals surface area contributed by atoms with Gasteiger partial charge in [-0.2, -0.15) is 0 Å². The summed E-state index contributed by atoms with van der Waals surface area (Å²) in [7, 11) is 0. The lowest BCUT2D eigenvalue weighted by molar-refractivity contribution is 0.385. The van der Waals surface area contributed by atoms with Gasteiger partial charge in [0.2, 0.25) is 0 Å².